The van der Waals surface area contributed by atoms with Gasteiger partial charge in [-0.2, -0.15) is 0 Å². The summed E-state index contributed by atoms with van der Waals surface area (Å²) in [5.74, 6) is -0.411. The minimum Gasteiger partial charge on any atom is -0.462 e. The first-order valence-electron chi connectivity index (χ1n) is 10.1. The van der Waals surface area contributed by atoms with Gasteiger partial charge in [0.25, 0.3) is 0 Å². The lowest BCUT2D eigenvalue weighted by atomic mass is 9.45. The Labute approximate surface area is 155 Å². The Morgan fingerprint density at radius 3 is 2.46 bits per heavy atom. The molecule has 2 saturated heterocycles. The fourth-order valence-electron chi connectivity index (χ4n) is 7.05. The fourth-order valence-corrected chi connectivity index (χ4v) is 7.05. The quantitative estimate of drug-likeness (QED) is 0.753. The number of hydrogen-bond acceptors (Lipinski definition) is 6. The molecule has 3 unspecified atom stereocenters. The van der Waals surface area contributed by atoms with E-state index >= 15 is 0 Å². The molecule has 4 rings (SSSR count). The van der Waals surface area contributed by atoms with Gasteiger partial charge in [-0.1, -0.05) is 6.92 Å². The minimum atomic E-state index is -0.875. The average Bonchev–Trinajstić information content (AvgIpc) is 2.54. The van der Waals surface area contributed by atoms with Gasteiger partial charge in [-0.05, 0) is 57.5 Å². The Bertz CT molecular complexity index is 607. The highest BCUT2D eigenvalue weighted by molar-refractivity contribution is 5.67. The van der Waals surface area contributed by atoms with Gasteiger partial charge in [-0.3, -0.25) is 14.5 Å². The summed E-state index contributed by atoms with van der Waals surface area (Å²) in [5, 5.41) is 12.0. The Hall–Kier alpha value is -1.14. The van der Waals surface area contributed by atoms with Crippen LogP contribution in [0.2, 0.25) is 0 Å². The van der Waals surface area contributed by atoms with Crippen molar-refractivity contribution in [1.29, 1.82) is 0 Å². The molecule has 0 radical (unpaired) electrons. The number of esters is 2. The molecule has 1 N–H and O–H groups in total. The SMILES string of the molecule is CC(=O)O[C@@H]1C2C[C@@H](OC(C)=O)C3CCCN4CCC[C@@]2(O)C34C[C@@H]1C. The third-order valence-corrected chi connectivity index (χ3v) is 7.61. The molecule has 2 aliphatic carbocycles. The molecule has 0 aromatic heterocycles. The van der Waals surface area contributed by atoms with E-state index in [-0.39, 0.29) is 47.4 Å². The Kier molecular flexibility index (Phi) is 4.35. The van der Waals surface area contributed by atoms with Crippen molar-refractivity contribution in [3.63, 3.8) is 0 Å². The van der Waals surface area contributed by atoms with E-state index in [1.807, 2.05) is 0 Å². The second-order valence-corrected chi connectivity index (χ2v) is 8.93. The maximum Gasteiger partial charge on any atom is 0.302 e. The number of rotatable bonds is 2. The number of hydrogen-bond donors (Lipinski definition) is 1. The van der Waals surface area contributed by atoms with E-state index in [0.29, 0.717) is 6.42 Å². The summed E-state index contributed by atoms with van der Waals surface area (Å²) in [6.07, 6.45) is 4.61. The summed E-state index contributed by atoms with van der Waals surface area (Å²) in [4.78, 5) is 26.0. The van der Waals surface area contributed by atoms with E-state index in [1.54, 1.807) is 0 Å². The predicted molar refractivity (Wildman–Crippen MR) is 94.2 cm³/mol. The smallest absolute Gasteiger partial charge is 0.302 e. The number of carbonyl (C=O) groups excluding carboxylic acids is 2. The molecule has 0 amide bonds. The molecule has 2 heterocycles. The van der Waals surface area contributed by atoms with Crippen LogP contribution in [-0.4, -0.2) is 58.4 Å². The van der Waals surface area contributed by atoms with Crippen molar-refractivity contribution in [2.24, 2.45) is 17.8 Å². The molecular weight excluding hydrogens is 334 g/mol. The highest BCUT2D eigenvalue weighted by atomic mass is 16.6. The topological polar surface area (TPSA) is 76.1 Å². The van der Waals surface area contributed by atoms with E-state index in [4.69, 9.17) is 9.47 Å². The van der Waals surface area contributed by atoms with Crippen molar-refractivity contribution in [1.82, 2.24) is 4.90 Å². The third kappa shape index (κ3) is 2.37. The molecule has 6 nitrogen and oxygen atoms in total. The molecule has 146 valence electrons. The standard InChI is InChI=1S/C20H31NO5/c1-12-11-19-15-6-4-8-21(19)9-5-7-20(19,24)16(18(12)26-14(3)23)10-17(15)25-13(2)22/h12,15-18,24H,4-11H2,1-3H3/t12-,15?,16?,17+,18-,19?,20-/m0/s1. The molecule has 0 aromatic carbocycles. The van der Waals surface area contributed by atoms with Crippen molar-refractivity contribution in [3.8, 4) is 0 Å². The van der Waals surface area contributed by atoms with E-state index in [9.17, 15) is 14.7 Å². The molecule has 0 aromatic rings. The number of piperidine rings is 2. The first-order chi connectivity index (χ1) is 12.3. The summed E-state index contributed by atoms with van der Waals surface area (Å²) in [5.41, 5.74) is -1.23. The zero-order valence-electron chi connectivity index (χ0n) is 16.1. The molecule has 2 bridgehead atoms. The molecule has 1 spiro atoms. The Morgan fingerprint density at radius 2 is 1.77 bits per heavy atom. The molecule has 2 saturated carbocycles. The molecule has 4 aliphatic rings. The summed E-state index contributed by atoms with van der Waals surface area (Å²) in [6, 6.07) is 0. The predicted octanol–water partition coefficient (Wildman–Crippen LogP) is 1.89. The maximum absolute atomic E-state index is 12.0. The second kappa shape index (κ2) is 6.20. The molecule has 6 heteroatoms. The Morgan fingerprint density at radius 1 is 1.08 bits per heavy atom. The number of aliphatic hydroxyl groups is 1. The van der Waals surface area contributed by atoms with Gasteiger partial charge in [0.2, 0.25) is 0 Å². The normalized spacial score (nSPS) is 47.6. The zero-order chi connectivity index (χ0) is 18.7. The van der Waals surface area contributed by atoms with Gasteiger partial charge in [0, 0.05) is 25.7 Å². The van der Waals surface area contributed by atoms with E-state index < -0.39 is 5.60 Å². The summed E-state index contributed by atoms with van der Waals surface area (Å²) in [6.45, 7) is 7.01. The van der Waals surface area contributed by atoms with Gasteiger partial charge in [0.1, 0.15) is 12.2 Å². The average molecular weight is 365 g/mol. The minimum absolute atomic E-state index is 0.155. The third-order valence-electron chi connectivity index (χ3n) is 7.61. The van der Waals surface area contributed by atoms with Crippen LogP contribution in [0.1, 0.15) is 59.3 Å². The largest absolute Gasteiger partial charge is 0.462 e. The summed E-state index contributed by atoms with van der Waals surface area (Å²) in [7, 11) is 0. The fraction of sp³-hybridized carbons (Fsp3) is 0.900. The second-order valence-electron chi connectivity index (χ2n) is 8.93. The summed E-state index contributed by atoms with van der Waals surface area (Å²) >= 11 is 0. The van der Waals surface area contributed by atoms with Crippen molar-refractivity contribution >= 4 is 11.9 Å². The van der Waals surface area contributed by atoms with Crippen LogP contribution in [0, 0.1) is 17.8 Å². The van der Waals surface area contributed by atoms with Gasteiger partial charge >= 0.3 is 11.9 Å². The maximum atomic E-state index is 12.0. The lowest BCUT2D eigenvalue weighted by molar-refractivity contribution is -0.303. The molecule has 2 aliphatic heterocycles. The number of nitrogens with zero attached hydrogens (tertiary/aromatic N) is 1. The molecule has 7 atom stereocenters. The number of ether oxygens (including phenoxy) is 2. The highest BCUT2D eigenvalue weighted by Crippen LogP contribution is 2.63. The van der Waals surface area contributed by atoms with Crippen LogP contribution in [0.3, 0.4) is 0 Å². The Balaban J connectivity index is 1.81. The van der Waals surface area contributed by atoms with E-state index in [2.05, 4.69) is 11.8 Å². The zero-order valence-corrected chi connectivity index (χ0v) is 16.1. The molecule has 4 fully saturated rings. The van der Waals surface area contributed by atoms with Crippen molar-refractivity contribution < 1.29 is 24.2 Å². The van der Waals surface area contributed by atoms with E-state index in [0.717, 1.165) is 45.2 Å². The first kappa shape index (κ1) is 18.2. The van der Waals surface area contributed by atoms with Crippen LogP contribution in [0.4, 0.5) is 0 Å². The van der Waals surface area contributed by atoms with Gasteiger partial charge in [-0.15, -0.1) is 0 Å². The van der Waals surface area contributed by atoms with Crippen LogP contribution in [0.15, 0.2) is 0 Å². The molecular formula is C20H31NO5. The first-order valence-corrected chi connectivity index (χ1v) is 10.1. The van der Waals surface area contributed by atoms with Gasteiger partial charge in [0.15, 0.2) is 0 Å². The van der Waals surface area contributed by atoms with E-state index in [1.165, 1.54) is 13.8 Å². The summed E-state index contributed by atoms with van der Waals surface area (Å²) < 4.78 is 11.5. The van der Waals surface area contributed by atoms with Crippen LogP contribution in [0.5, 0.6) is 0 Å². The van der Waals surface area contributed by atoms with Gasteiger partial charge < -0.3 is 14.6 Å². The lowest BCUT2D eigenvalue weighted by Crippen LogP contribution is -2.82. The van der Waals surface area contributed by atoms with Gasteiger partial charge in [-0.25, -0.2) is 0 Å². The van der Waals surface area contributed by atoms with Crippen LogP contribution < -0.4 is 0 Å². The van der Waals surface area contributed by atoms with Crippen molar-refractivity contribution in [2.45, 2.75) is 82.6 Å². The molecule has 26 heavy (non-hydrogen) atoms. The highest BCUT2D eigenvalue weighted by Gasteiger charge is 2.73. The van der Waals surface area contributed by atoms with Crippen LogP contribution in [-0.2, 0) is 19.1 Å². The number of carbonyl (C=O) groups is 2. The lowest BCUT2D eigenvalue weighted by Gasteiger charge is -2.72. The van der Waals surface area contributed by atoms with Crippen LogP contribution >= 0.6 is 0 Å². The van der Waals surface area contributed by atoms with Crippen LogP contribution in [0.25, 0.3) is 0 Å². The van der Waals surface area contributed by atoms with Crippen molar-refractivity contribution in [2.75, 3.05) is 13.1 Å². The van der Waals surface area contributed by atoms with Crippen molar-refractivity contribution in [3.05, 3.63) is 0 Å². The van der Waals surface area contributed by atoms with Gasteiger partial charge in [0.05, 0.1) is 11.1 Å². The monoisotopic (exact) mass is 365 g/mol.